The molecule has 0 radical (unpaired) electrons. The maximum atomic E-state index is 12.5. The number of non-ortho nitro benzene ring substituents is 1. The lowest BCUT2D eigenvalue weighted by Gasteiger charge is -2.38. The molecule has 1 heterocycles. The van der Waals surface area contributed by atoms with Crippen LogP contribution in [0.25, 0.3) is 0 Å². The van der Waals surface area contributed by atoms with Gasteiger partial charge in [-0.3, -0.25) is 15.0 Å². The average molecular weight is 384 g/mol. The van der Waals surface area contributed by atoms with E-state index in [0.717, 1.165) is 18.7 Å². The van der Waals surface area contributed by atoms with E-state index in [-0.39, 0.29) is 23.8 Å². The molecule has 2 amide bonds. The molecule has 28 heavy (non-hydrogen) atoms. The molecular weight excluding hydrogens is 360 g/mol. The van der Waals surface area contributed by atoms with Gasteiger partial charge >= 0.3 is 6.03 Å². The molecule has 1 aliphatic heterocycles. The molecule has 2 atom stereocenters. The number of urea groups is 1. The molecule has 2 aromatic carbocycles. The Hall–Kier alpha value is -2.97. The summed E-state index contributed by atoms with van der Waals surface area (Å²) in [5, 5.41) is 16.5. The smallest absolute Gasteiger partial charge is 0.319 e. The van der Waals surface area contributed by atoms with Gasteiger partial charge in [0.25, 0.3) is 5.69 Å². The average Bonchev–Trinajstić information content (AvgIpc) is 2.70. The van der Waals surface area contributed by atoms with E-state index in [0.29, 0.717) is 18.9 Å². The van der Waals surface area contributed by atoms with Crippen LogP contribution in [0.15, 0.2) is 54.6 Å². The summed E-state index contributed by atoms with van der Waals surface area (Å²) in [6.45, 7) is 4.92. The molecule has 0 aliphatic carbocycles. The third-order valence-corrected chi connectivity index (χ3v) is 4.75. The van der Waals surface area contributed by atoms with Gasteiger partial charge in [0.15, 0.2) is 0 Å². The van der Waals surface area contributed by atoms with E-state index in [2.05, 4.69) is 27.7 Å². The highest BCUT2D eigenvalue weighted by Gasteiger charge is 2.28. The maximum Gasteiger partial charge on any atom is 0.319 e. The van der Waals surface area contributed by atoms with E-state index >= 15 is 0 Å². The van der Waals surface area contributed by atoms with E-state index in [1.807, 2.05) is 25.1 Å². The van der Waals surface area contributed by atoms with Gasteiger partial charge < -0.3 is 15.4 Å². The van der Waals surface area contributed by atoms with Crippen LogP contribution in [0.5, 0.6) is 0 Å². The van der Waals surface area contributed by atoms with E-state index in [1.54, 1.807) is 0 Å². The largest absolute Gasteiger partial charge is 0.379 e. The number of nitro groups is 1. The number of rotatable bonds is 6. The zero-order chi connectivity index (χ0) is 19.9. The number of hydrogen-bond donors (Lipinski definition) is 2. The quantitative estimate of drug-likeness (QED) is 0.589. The number of carbonyl (C=O) groups excluding carboxylic acids is 1. The summed E-state index contributed by atoms with van der Waals surface area (Å²) < 4.78 is 5.46. The summed E-state index contributed by atoms with van der Waals surface area (Å²) in [4.78, 5) is 25.0. The van der Waals surface area contributed by atoms with Crippen LogP contribution in [0.3, 0.4) is 0 Å². The number of nitro benzene ring substituents is 1. The molecule has 0 aromatic heterocycles. The van der Waals surface area contributed by atoms with Crippen LogP contribution in [0, 0.1) is 10.1 Å². The Bertz CT molecular complexity index is 792. The van der Waals surface area contributed by atoms with Crippen molar-refractivity contribution >= 4 is 17.4 Å². The molecule has 1 fully saturated rings. The maximum absolute atomic E-state index is 12.5. The first-order chi connectivity index (χ1) is 13.5. The highest BCUT2D eigenvalue weighted by molar-refractivity contribution is 5.89. The fourth-order valence-electron chi connectivity index (χ4n) is 3.44. The molecule has 0 saturated carbocycles. The number of morpholine rings is 1. The third kappa shape index (κ3) is 5.05. The Morgan fingerprint density at radius 2 is 1.75 bits per heavy atom. The number of nitrogens with one attached hydrogen (secondary N) is 2. The lowest BCUT2D eigenvalue weighted by atomic mass is 9.98. The molecule has 0 unspecified atom stereocenters. The van der Waals surface area contributed by atoms with Crippen molar-refractivity contribution < 1.29 is 14.5 Å². The van der Waals surface area contributed by atoms with Crippen molar-refractivity contribution in [3.8, 4) is 0 Å². The Morgan fingerprint density at radius 1 is 1.11 bits per heavy atom. The van der Waals surface area contributed by atoms with Crippen LogP contribution in [0.4, 0.5) is 16.2 Å². The Labute approximate surface area is 163 Å². The molecule has 3 rings (SSSR count). The molecule has 148 valence electrons. The predicted octanol–water partition coefficient (Wildman–Crippen LogP) is 3.18. The number of benzene rings is 2. The SMILES string of the molecule is C[C@@H](NC(=O)Nc1ccc([N+](=O)[O-])cc1)[C@@H](c1ccccc1)N1CCOCC1. The van der Waals surface area contributed by atoms with Gasteiger partial charge in [0.05, 0.1) is 24.2 Å². The van der Waals surface area contributed by atoms with Crippen LogP contribution >= 0.6 is 0 Å². The number of ether oxygens (including phenoxy) is 1. The molecule has 1 aliphatic rings. The summed E-state index contributed by atoms with van der Waals surface area (Å²) in [6, 6.07) is 15.3. The van der Waals surface area contributed by atoms with Crippen LogP contribution in [0.1, 0.15) is 18.5 Å². The second-order valence-corrected chi connectivity index (χ2v) is 6.69. The molecule has 8 nitrogen and oxygen atoms in total. The minimum Gasteiger partial charge on any atom is -0.379 e. The summed E-state index contributed by atoms with van der Waals surface area (Å²) in [5.74, 6) is 0. The van der Waals surface area contributed by atoms with E-state index in [1.165, 1.54) is 24.3 Å². The van der Waals surface area contributed by atoms with Crippen LogP contribution in [-0.4, -0.2) is 48.2 Å². The van der Waals surface area contributed by atoms with E-state index in [9.17, 15) is 14.9 Å². The highest BCUT2D eigenvalue weighted by atomic mass is 16.6. The Balaban J connectivity index is 1.67. The van der Waals surface area contributed by atoms with Crippen molar-refractivity contribution in [2.45, 2.75) is 19.0 Å². The third-order valence-electron chi connectivity index (χ3n) is 4.75. The molecule has 2 N–H and O–H groups in total. The molecule has 0 bridgehead atoms. The van der Waals surface area contributed by atoms with Gasteiger partial charge in [-0.25, -0.2) is 4.79 Å². The molecular formula is C20H24N4O4. The van der Waals surface area contributed by atoms with Crippen molar-refractivity contribution in [2.75, 3.05) is 31.6 Å². The molecule has 0 spiro atoms. The van der Waals surface area contributed by atoms with Crippen molar-refractivity contribution in [1.82, 2.24) is 10.2 Å². The number of amides is 2. The summed E-state index contributed by atoms with van der Waals surface area (Å²) >= 11 is 0. The molecule has 1 saturated heterocycles. The Morgan fingerprint density at radius 3 is 2.36 bits per heavy atom. The van der Waals surface area contributed by atoms with Crippen molar-refractivity contribution in [3.05, 3.63) is 70.3 Å². The Kier molecular flexibility index (Phi) is 6.57. The van der Waals surface area contributed by atoms with Gasteiger partial charge in [-0.05, 0) is 24.6 Å². The van der Waals surface area contributed by atoms with Gasteiger partial charge in [-0.1, -0.05) is 30.3 Å². The number of nitrogens with zero attached hydrogens (tertiary/aromatic N) is 2. The number of hydrogen-bond acceptors (Lipinski definition) is 5. The van der Waals surface area contributed by atoms with Crippen LogP contribution < -0.4 is 10.6 Å². The topological polar surface area (TPSA) is 96.7 Å². The van der Waals surface area contributed by atoms with Crippen molar-refractivity contribution in [3.63, 3.8) is 0 Å². The van der Waals surface area contributed by atoms with Crippen molar-refractivity contribution in [1.29, 1.82) is 0 Å². The summed E-state index contributed by atoms with van der Waals surface area (Å²) in [6.07, 6.45) is 0. The molecule has 8 heteroatoms. The first kappa shape index (κ1) is 19.8. The van der Waals surface area contributed by atoms with Gasteiger partial charge in [0.2, 0.25) is 0 Å². The first-order valence-corrected chi connectivity index (χ1v) is 9.23. The van der Waals surface area contributed by atoms with Crippen LogP contribution in [-0.2, 0) is 4.74 Å². The molecule has 2 aromatic rings. The first-order valence-electron chi connectivity index (χ1n) is 9.23. The lowest BCUT2D eigenvalue weighted by Crippen LogP contribution is -2.49. The van der Waals surface area contributed by atoms with Gasteiger partial charge in [-0.15, -0.1) is 0 Å². The highest BCUT2D eigenvalue weighted by Crippen LogP contribution is 2.25. The van der Waals surface area contributed by atoms with Gasteiger partial charge in [0.1, 0.15) is 0 Å². The fraction of sp³-hybridized carbons (Fsp3) is 0.350. The van der Waals surface area contributed by atoms with E-state index in [4.69, 9.17) is 4.74 Å². The zero-order valence-electron chi connectivity index (χ0n) is 15.7. The van der Waals surface area contributed by atoms with Crippen LogP contribution in [0.2, 0.25) is 0 Å². The number of anilines is 1. The summed E-state index contributed by atoms with van der Waals surface area (Å²) in [5.41, 5.74) is 1.61. The van der Waals surface area contributed by atoms with Gasteiger partial charge in [-0.2, -0.15) is 0 Å². The number of carbonyl (C=O) groups is 1. The second kappa shape index (κ2) is 9.29. The van der Waals surface area contributed by atoms with E-state index < -0.39 is 4.92 Å². The van der Waals surface area contributed by atoms with Gasteiger partial charge in [0, 0.05) is 37.0 Å². The standard InChI is InChI=1S/C20H24N4O4/c1-15(21-20(25)22-17-7-9-18(10-8-17)24(26)27)19(16-5-3-2-4-6-16)23-11-13-28-14-12-23/h2-10,15,19H,11-14H2,1H3,(H2,21,22,25)/t15-,19+/m1/s1. The zero-order valence-corrected chi connectivity index (χ0v) is 15.7. The van der Waals surface area contributed by atoms with Crippen molar-refractivity contribution in [2.24, 2.45) is 0 Å². The normalized spacial score (nSPS) is 16.8. The minimum atomic E-state index is -0.473. The summed E-state index contributed by atoms with van der Waals surface area (Å²) in [7, 11) is 0. The lowest BCUT2D eigenvalue weighted by molar-refractivity contribution is -0.384. The predicted molar refractivity (Wildman–Crippen MR) is 106 cm³/mol. The monoisotopic (exact) mass is 384 g/mol. The fourth-order valence-corrected chi connectivity index (χ4v) is 3.44. The minimum absolute atomic E-state index is 0.0178. The second-order valence-electron chi connectivity index (χ2n) is 6.69.